The highest BCUT2D eigenvalue weighted by molar-refractivity contribution is 5.78. The molecule has 0 N–H and O–H groups in total. The summed E-state index contributed by atoms with van der Waals surface area (Å²) in [5.41, 5.74) is 5.87. The van der Waals surface area contributed by atoms with Gasteiger partial charge < -0.3 is 4.57 Å². The lowest BCUT2D eigenvalue weighted by atomic mass is 10.1. The number of Topliss-reactive ketones (excluding diaryl/α,β-unsaturated/α-hetero) is 1. The van der Waals surface area contributed by atoms with Gasteiger partial charge in [-0.3, -0.25) is 4.79 Å². The number of carbonyl (C=O) groups is 1. The molecule has 2 heteroatoms. The van der Waals surface area contributed by atoms with Crippen LogP contribution in [0.3, 0.4) is 0 Å². The second-order valence-corrected chi connectivity index (χ2v) is 4.95. The summed E-state index contributed by atoms with van der Waals surface area (Å²) in [4.78, 5) is 11.3. The van der Waals surface area contributed by atoms with Gasteiger partial charge in [0.15, 0.2) is 0 Å². The Bertz CT molecular complexity index is 593. The van der Waals surface area contributed by atoms with Crippen molar-refractivity contribution in [1.29, 1.82) is 0 Å². The molecule has 0 amide bonds. The fraction of sp³-hybridized carbons (Fsp3) is 0.312. The van der Waals surface area contributed by atoms with Crippen LogP contribution in [0, 0.1) is 20.8 Å². The molecule has 94 valence electrons. The molecule has 2 rings (SSSR count). The summed E-state index contributed by atoms with van der Waals surface area (Å²) in [6.07, 6.45) is 0.519. The van der Waals surface area contributed by atoms with Crippen LogP contribution in [-0.4, -0.2) is 10.4 Å². The Labute approximate surface area is 108 Å². The van der Waals surface area contributed by atoms with Crippen molar-refractivity contribution < 1.29 is 4.79 Å². The molecular formula is C16H19NO. The first-order chi connectivity index (χ1) is 8.49. The maximum absolute atomic E-state index is 11.3. The van der Waals surface area contributed by atoms with E-state index in [4.69, 9.17) is 0 Å². The molecule has 1 aromatic carbocycles. The lowest BCUT2D eigenvalue weighted by Crippen LogP contribution is -2.01. The number of aryl methyl sites for hydroxylation is 2. The van der Waals surface area contributed by atoms with Crippen molar-refractivity contribution in [2.75, 3.05) is 0 Å². The highest BCUT2D eigenvalue weighted by Crippen LogP contribution is 2.21. The van der Waals surface area contributed by atoms with Gasteiger partial charge in [0, 0.05) is 23.5 Å². The van der Waals surface area contributed by atoms with E-state index in [9.17, 15) is 4.79 Å². The number of aromatic nitrogens is 1. The Morgan fingerprint density at radius 1 is 1.17 bits per heavy atom. The van der Waals surface area contributed by atoms with Crippen molar-refractivity contribution in [1.82, 2.24) is 4.57 Å². The van der Waals surface area contributed by atoms with Gasteiger partial charge in [0.1, 0.15) is 5.78 Å². The SMILES string of the molecule is CC(=O)Cc1cc(C)n(-c2cccc(C)c2)c1C. The maximum atomic E-state index is 11.3. The lowest BCUT2D eigenvalue weighted by molar-refractivity contribution is -0.116. The van der Waals surface area contributed by atoms with Crippen LogP contribution in [0.1, 0.15) is 29.4 Å². The molecule has 0 bridgehead atoms. The number of ketones is 1. The summed E-state index contributed by atoms with van der Waals surface area (Å²) >= 11 is 0. The summed E-state index contributed by atoms with van der Waals surface area (Å²) in [5, 5.41) is 0. The fourth-order valence-corrected chi connectivity index (χ4v) is 2.44. The van der Waals surface area contributed by atoms with Gasteiger partial charge in [-0.1, -0.05) is 12.1 Å². The third-order valence-electron chi connectivity index (χ3n) is 3.24. The van der Waals surface area contributed by atoms with E-state index in [2.05, 4.69) is 55.7 Å². The van der Waals surface area contributed by atoms with Crippen LogP contribution in [0.25, 0.3) is 5.69 Å². The van der Waals surface area contributed by atoms with E-state index in [0.29, 0.717) is 6.42 Å². The van der Waals surface area contributed by atoms with Gasteiger partial charge in [0.2, 0.25) is 0 Å². The lowest BCUT2D eigenvalue weighted by Gasteiger charge is -2.10. The Morgan fingerprint density at radius 3 is 2.50 bits per heavy atom. The first kappa shape index (κ1) is 12.6. The maximum Gasteiger partial charge on any atom is 0.134 e. The number of benzene rings is 1. The predicted octanol–water partition coefficient (Wildman–Crippen LogP) is 3.53. The molecule has 0 atom stereocenters. The summed E-state index contributed by atoms with van der Waals surface area (Å²) in [6, 6.07) is 10.5. The Balaban J connectivity index is 2.51. The van der Waals surface area contributed by atoms with Crippen molar-refractivity contribution >= 4 is 5.78 Å². The fourth-order valence-electron chi connectivity index (χ4n) is 2.44. The molecule has 18 heavy (non-hydrogen) atoms. The van der Waals surface area contributed by atoms with Crippen molar-refractivity contribution in [2.24, 2.45) is 0 Å². The monoisotopic (exact) mass is 241 g/mol. The minimum Gasteiger partial charge on any atom is -0.318 e. The van der Waals surface area contributed by atoms with Crippen LogP contribution >= 0.6 is 0 Å². The molecule has 0 fully saturated rings. The molecule has 1 aromatic heterocycles. The summed E-state index contributed by atoms with van der Waals surface area (Å²) < 4.78 is 2.21. The molecule has 0 unspecified atom stereocenters. The van der Waals surface area contributed by atoms with E-state index in [1.165, 1.54) is 16.9 Å². The average Bonchev–Trinajstić information content (AvgIpc) is 2.53. The summed E-state index contributed by atoms with van der Waals surface area (Å²) in [6.45, 7) is 7.89. The minimum atomic E-state index is 0.208. The van der Waals surface area contributed by atoms with Gasteiger partial charge in [-0.2, -0.15) is 0 Å². The zero-order valence-corrected chi connectivity index (χ0v) is 11.4. The molecule has 2 aromatic rings. The minimum absolute atomic E-state index is 0.208. The van der Waals surface area contributed by atoms with Crippen molar-refractivity contribution in [3.8, 4) is 5.69 Å². The summed E-state index contributed by atoms with van der Waals surface area (Å²) in [5.74, 6) is 0.208. The van der Waals surface area contributed by atoms with E-state index in [1.54, 1.807) is 6.92 Å². The normalized spacial score (nSPS) is 10.7. The first-order valence-corrected chi connectivity index (χ1v) is 6.23. The van der Waals surface area contributed by atoms with E-state index in [1.807, 2.05) is 0 Å². The van der Waals surface area contributed by atoms with Crippen molar-refractivity contribution in [3.63, 3.8) is 0 Å². The third-order valence-corrected chi connectivity index (χ3v) is 3.24. The standard InChI is InChI=1S/C16H19NO/c1-11-6-5-7-16(8-11)17-12(2)9-15(14(17)4)10-13(3)18/h5-9H,10H2,1-4H3. The van der Waals surface area contributed by atoms with E-state index in [0.717, 1.165) is 11.3 Å². The largest absolute Gasteiger partial charge is 0.318 e. The molecule has 2 nitrogen and oxygen atoms in total. The number of rotatable bonds is 3. The summed E-state index contributed by atoms with van der Waals surface area (Å²) in [7, 11) is 0. The second kappa shape index (κ2) is 4.81. The smallest absolute Gasteiger partial charge is 0.134 e. The molecule has 0 aliphatic carbocycles. The Kier molecular flexibility index (Phi) is 3.37. The molecule has 0 aliphatic rings. The highest BCUT2D eigenvalue weighted by Gasteiger charge is 2.11. The van der Waals surface area contributed by atoms with Crippen LogP contribution in [0.15, 0.2) is 30.3 Å². The average molecular weight is 241 g/mol. The van der Waals surface area contributed by atoms with Gasteiger partial charge in [0.05, 0.1) is 0 Å². The van der Waals surface area contributed by atoms with Gasteiger partial charge in [-0.05, 0) is 57.0 Å². The number of carbonyl (C=O) groups excluding carboxylic acids is 1. The number of hydrogen-bond donors (Lipinski definition) is 0. The quantitative estimate of drug-likeness (QED) is 0.805. The van der Waals surface area contributed by atoms with Crippen LogP contribution in [0.2, 0.25) is 0 Å². The van der Waals surface area contributed by atoms with E-state index < -0.39 is 0 Å². The molecule has 0 radical (unpaired) electrons. The van der Waals surface area contributed by atoms with Crippen molar-refractivity contribution in [3.05, 3.63) is 52.8 Å². The van der Waals surface area contributed by atoms with Gasteiger partial charge in [-0.15, -0.1) is 0 Å². The first-order valence-electron chi connectivity index (χ1n) is 6.23. The predicted molar refractivity (Wildman–Crippen MR) is 74.4 cm³/mol. The van der Waals surface area contributed by atoms with E-state index >= 15 is 0 Å². The van der Waals surface area contributed by atoms with E-state index in [-0.39, 0.29) is 5.78 Å². The highest BCUT2D eigenvalue weighted by atomic mass is 16.1. The molecular weight excluding hydrogens is 222 g/mol. The zero-order chi connectivity index (χ0) is 13.3. The molecule has 0 spiro atoms. The Morgan fingerprint density at radius 2 is 1.89 bits per heavy atom. The van der Waals surface area contributed by atoms with Gasteiger partial charge in [-0.25, -0.2) is 0 Å². The van der Waals surface area contributed by atoms with Gasteiger partial charge in [0.25, 0.3) is 0 Å². The van der Waals surface area contributed by atoms with Crippen molar-refractivity contribution in [2.45, 2.75) is 34.1 Å². The molecule has 0 aliphatic heterocycles. The van der Waals surface area contributed by atoms with Crippen LogP contribution in [0.5, 0.6) is 0 Å². The topological polar surface area (TPSA) is 22.0 Å². The Hall–Kier alpha value is -1.83. The zero-order valence-electron chi connectivity index (χ0n) is 11.4. The second-order valence-electron chi connectivity index (χ2n) is 4.95. The molecule has 1 heterocycles. The molecule has 0 saturated carbocycles. The molecule has 0 saturated heterocycles. The number of nitrogens with zero attached hydrogens (tertiary/aromatic N) is 1. The van der Waals surface area contributed by atoms with Crippen LogP contribution in [-0.2, 0) is 11.2 Å². The van der Waals surface area contributed by atoms with Crippen LogP contribution < -0.4 is 0 Å². The number of hydrogen-bond acceptors (Lipinski definition) is 1. The third kappa shape index (κ3) is 2.37. The van der Waals surface area contributed by atoms with Crippen LogP contribution in [0.4, 0.5) is 0 Å². The van der Waals surface area contributed by atoms with Gasteiger partial charge >= 0.3 is 0 Å².